The zero-order valence-electron chi connectivity index (χ0n) is 20.9. The van der Waals surface area contributed by atoms with E-state index in [0.717, 1.165) is 68.4 Å². The third kappa shape index (κ3) is 5.57. The number of carbonyl (C=O) groups excluding carboxylic acids is 2. The van der Waals surface area contributed by atoms with Crippen molar-refractivity contribution in [3.63, 3.8) is 0 Å². The molecule has 0 spiro atoms. The van der Waals surface area contributed by atoms with Crippen molar-refractivity contribution in [2.24, 2.45) is 5.73 Å². The molecule has 0 amide bonds. The molecule has 3 heterocycles. The van der Waals surface area contributed by atoms with Crippen LogP contribution >= 0.6 is 0 Å². The number of rotatable bonds is 7. The number of hydrogen-bond acceptors (Lipinski definition) is 8. The molecule has 194 valence electrons. The number of nitrogens with two attached hydrogens (primary N) is 1. The van der Waals surface area contributed by atoms with Gasteiger partial charge in [0.05, 0.1) is 12.0 Å². The molecule has 0 radical (unpaired) electrons. The van der Waals surface area contributed by atoms with Crippen molar-refractivity contribution in [3.8, 4) is 5.69 Å². The third-order valence-corrected chi connectivity index (χ3v) is 7.55. The van der Waals surface area contributed by atoms with E-state index in [1.54, 1.807) is 6.92 Å². The summed E-state index contributed by atoms with van der Waals surface area (Å²) >= 11 is 0. The van der Waals surface area contributed by atoms with Crippen LogP contribution in [0.4, 0.5) is 4.79 Å². The standard InChI is InChI=1S/C27H36N4O5/c1-18(35-27(33)36-21-8-3-2-4-9-21)34-26(32)25(30-14-13-20(28)16-30)15-22-24-12-11-19-7-5-6-10-23(19)31(24)17-29-22/h5-7,10,17-18,20-21,25H,2-4,8-9,11-16,28H2,1H3/t18?,20-,25-/m0/s1. The lowest BCUT2D eigenvalue weighted by molar-refractivity contribution is -0.174. The number of benzene rings is 1. The second kappa shape index (κ2) is 11.0. The Kier molecular flexibility index (Phi) is 7.57. The maximum absolute atomic E-state index is 13.3. The molecule has 9 heteroatoms. The van der Waals surface area contributed by atoms with Crippen molar-refractivity contribution in [3.05, 3.63) is 47.5 Å². The number of ether oxygens (including phenoxy) is 3. The number of carbonyl (C=O) groups is 2. The Morgan fingerprint density at radius 1 is 1.11 bits per heavy atom. The second-order valence-corrected chi connectivity index (χ2v) is 10.2. The minimum Gasteiger partial charge on any atom is -0.431 e. The molecule has 9 nitrogen and oxygen atoms in total. The summed E-state index contributed by atoms with van der Waals surface area (Å²) in [6.07, 6.45) is 7.87. The highest BCUT2D eigenvalue weighted by Crippen LogP contribution is 2.28. The van der Waals surface area contributed by atoms with E-state index in [9.17, 15) is 9.59 Å². The van der Waals surface area contributed by atoms with Crippen LogP contribution in [-0.2, 0) is 38.3 Å². The third-order valence-electron chi connectivity index (χ3n) is 7.55. The van der Waals surface area contributed by atoms with E-state index in [-0.39, 0.29) is 12.1 Å². The van der Waals surface area contributed by atoms with Gasteiger partial charge in [0.1, 0.15) is 12.1 Å². The molecule has 1 saturated heterocycles. The van der Waals surface area contributed by atoms with Crippen molar-refractivity contribution in [2.75, 3.05) is 13.1 Å². The Bertz CT molecular complexity index is 1080. The first-order chi connectivity index (χ1) is 17.5. The summed E-state index contributed by atoms with van der Waals surface area (Å²) in [6.45, 7) is 2.86. The number of fused-ring (bicyclic) bond motifs is 3. The monoisotopic (exact) mass is 496 g/mol. The lowest BCUT2D eigenvalue weighted by atomic mass is 9.98. The van der Waals surface area contributed by atoms with Gasteiger partial charge in [0.25, 0.3) is 0 Å². The molecule has 3 aliphatic rings. The number of aromatic nitrogens is 2. The number of esters is 1. The van der Waals surface area contributed by atoms with Crippen LogP contribution < -0.4 is 5.73 Å². The molecule has 2 N–H and O–H groups in total. The van der Waals surface area contributed by atoms with Gasteiger partial charge in [-0.25, -0.2) is 9.78 Å². The fraction of sp³-hybridized carbons (Fsp3) is 0.593. The molecule has 1 unspecified atom stereocenters. The molecule has 1 aliphatic carbocycles. The summed E-state index contributed by atoms with van der Waals surface area (Å²) in [7, 11) is 0. The summed E-state index contributed by atoms with van der Waals surface area (Å²) in [5.74, 6) is -0.444. The van der Waals surface area contributed by atoms with Crippen LogP contribution in [0.5, 0.6) is 0 Å². The minimum atomic E-state index is -1.05. The highest BCUT2D eigenvalue weighted by atomic mass is 16.8. The number of para-hydroxylation sites is 1. The van der Waals surface area contributed by atoms with E-state index in [2.05, 4.69) is 27.7 Å². The Labute approximate surface area is 211 Å². The summed E-state index contributed by atoms with van der Waals surface area (Å²) in [4.78, 5) is 32.3. The van der Waals surface area contributed by atoms with Gasteiger partial charge in [0.2, 0.25) is 6.29 Å². The second-order valence-electron chi connectivity index (χ2n) is 10.2. The molecule has 0 bridgehead atoms. The fourth-order valence-corrected chi connectivity index (χ4v) is 5.66. The van der Waals surface area contributed by atoms with Crippen molar-refractivity contribution in [1.29, 1.82) is 0 Å². The van der Waals surface area contributed by atoms with Crippen LogP contribution in [0.25, 0.3) is 5.69 Å². The Morgan fingerprint density at radius 3 is 2.69 bits per heavy atom. The lowest BCUT2D eigenvalue weighted by Crippen LogP contribution is -2.45. The molecule has 1 aromatic carbocycles. The smallest absolute Gasteiger partial charge is 0.431 e. The van der Waals surface area contributed by atoms with Gasteiger partial charge in [0.15, 0.2) is 0 Å². The predicted molar refractivity (Wildman–Crippen MR) is 133 cm³/mol. The molecule has 1 aromatic heterocycles. The normalized spacial score (nSPS) is 21.8. The van der Waals surface area contributed by atoms with Gasteiger partial charge in [-0.2, -0.15) is 0 Å². The van der Waals surface area contributed by atoms with Gasteiger partial charge >= 0.3 is 12.1 Å². The summed E-state index contributed by atoms with van der Waals surface area (Å²) < 4.78 is 18.4. The van der Waals surface area contributed by atoms with Crippen LogP contribution in [-0.4, -0.2) is 64.1 Å². The summed E-state index contributed by atoms with van der Waals surface area (Å²) in [6, 6.07) is 7.78. The van der Waals surface area contributed by atoms with Crippen LogP contribution in [0.3, 0.4) is 0 Å². The first-order valence-electron chi connectivity index (χ1n) is 13.2. The average Bonchev–Trinajstić information content (AvgIpc) is 3.48. The molecule has 36 heavy (non-hydrogen) atoms. The maximum atomic E-state index is 13.3. The maximum Gasteiger partial charge on any atom is 0.511 e. The van der Waals surface area contributed by atoms with Crippen molar-refractivity contribution in [1.82, 2.24) is 14.5 Å². The van der Waals surface area contributed by atoms with Gasteiger partial charge in [-0.3, -0.25) is 9.69 Å². The molecule has 2 aromatic rings. The lowest BCUT2D eigenvalue weighted by Gasteiger charge is -2.28. The minimum absolute atomic E-state index is 0.0160. The molecule has 5 rings (SSSR count). The number of likely N-dealkylation sites (tertiary alicyclic amines) is 1. The van der Waals surface area contributed by atoms with E-state index in [1.807, 2.05) is 12.4 Å². The number of aryl methyl sites for hydroxylation is 1. The van der Waals surface area contributed by atoms with E-state index in [1.165, 1.54) is 5.56 Å². The number of nitrogens with zero attached hydrogens (tertiary/aromatic N) is 3. The number of imidazole rings is 1. The molecular formula is C27H36N4O5. The van der Waals surface area contributed by atoms with Crippen LogP contribution in [0, 0.1) is 0 Å². The predicted octanol–water partition coefficient (Wildman–Crippen LogP) is 3.29. The fourth-order valence-electron chi connectivity index (χ4n) is 5.66. The molecule has 3 atom stereocenters. The van der Waals surface area contributed by atoms with Crippen molar-refractivity contribution >= 4 is 12.1 Å². The Hall–Kier alpha value is -2.91. The van der Waals surface area contributed by atoms with E-state index in [4.69, 9.17) is 24.9 Å². The summed E-state index contributed by atoms with van der Waals surface area (Å²) in [5, 5.41) is 0. The van der Waals surface area contributed by atoms with Crippen LogP contribution in [0.2, 0.25) is 0 Å². The first-order valence-corrected chi connectivity index (χ1v) is 13.2. The molecule has 2 fully saturated rings. The summed E-state index contributed by atoms with van der Waals surface area (Å²) in [5.41, 5.74) is 10.6. The molecule has 2 aliphatic heterocycles. The Balaban J connectivity index is 1.26. The van der Waals surface area contributed by atoms with Crippen LogP contribution in [0.1, 0.15) is 62.4 Å². The zero-order valence-corrected chi connectivity index (χ0v) is 20.9. The highest BCUT2D eigenvalue weighted by Gasteiger charge is 2.35. The first kappa shape index (κ1) is 24.8. The van der Waals surface area contributed by atoms with Crippen LogP contribution in [0.15, 0.2) is 30.6 Å². The van der Waals surface area contributed by atoms with Gasteiger partial charge < -0.3 is 24.5 Å². The largest absolute Gasteiger partial charge is 0.511 e. The van der Waals surface area contributed by atoms with E-state index < -0.39 is 24.5 Å². The van der Waals surface area contributed by atoms with Gasteiger partial charge in [-0.1, -0.05) is 24.6 Å². The Morgan fingerprint density at radius 2 is 1.92 bits per heavy atom. The van der Waals surface area contributed by atoms with E-state index in [0.29, 0.717) is 19.5 Å². The van der Waals surface area contributed by atoms with Gasteiger partial charge in [-0.15, -0.1) is 0 Å². The quantitative estimate of drug-likeness (QED) is 0.460. The highest BCUT2D eigenvalue weighted by molar-refractivity contribution is 5.76. The van der Waals surface area contributed by atoms with Crippen molar-refractivity contribution in [2.45, 2.75) is 89.2 Å². The SMILES string of the molecule is CC(OC(=O)OC1CCCCC1)OC(=O)[C@H](Cc1ncn2c1CCc1ccccc1-2)N1CC[C@H](N)C1. The van der Waals surface area contributed by atoms with Gasteiger partial charge in [-0.05, 0) is 56.6 Å². The molecular weight excluding hydrogens is 460 g/mol. The van der Waals surface area contributed by atoms with Gasteiger partial charge in [0, 0.05) is 43.9 Å². The molecule has 1 saturated carbocycles. The number of hydrogen-bond donors (Lipinski definition) is 1. The average molecular weight is 497 g/mol. The zero-order chi connectivity index (χ0) is 25.1. The topological polar surface area (TPSA) is 109 Å². The van der Waals surface area contributed by atoms with Crippen molar-refractivity contribution < 1.29 is 23.8 Å². The van der Waals surface area contributed by atoms with E-state index >= 15 is 0 Å².